The van der Waals surface area contributed by atoms with Crippen LogP contribution in [0, 0.1) is 0 Å². The van der Waals surface area contributed by atoms with Gasteiger partial charge in [-0.1, -0.05) is 0 Å². The second-order valence-corrected chi connectivity index (χ2v) is 5.86. The van der Waals surface area contributed by atoms with E-state index in [1.807, 2.05) is 0 Å². The first-order chi connectivity index (χ1) is 12.1. The van der Waals surface area contributed by atoms with E-state index in [0.29, 0.717) is 28.6 Å². The topological polar surface area (TPSA) is 78.4 Å². The monoisotopic (exact) mass is 406 g/mol. The standard InChI is InChI=1S/C17H15BrN2O5/c1-22-15-6-10(5-12(18)16(15)23-2)8-19-20-17(21)11-3-4-13-14(7-11)25-9-24-13/h3-8H,9H2,1-2H3,(H,20,21)/b19-8+. The molecule has 8 heteroatoms. The summed E-state index contributed by atoms with van der Waals surface area (Å²) >= 11 is 3.41. The van der Waals surface area contributed by atoms with E-state index in [1.54, 1.807) is 44.6 Å². The van der Waals surface area contributed by atoms with E-state index < -0.39 is 0 Å². The summed E-state index contributed by atoms with van der Waals surface area (Å²) < 4.78 is 21.7. The van der Waals surface area contributed by atoms with Gasteiger partial charge < -0.3 is 18.9 Å². The highest BCUT2D eigenvalue weighted by molar-refractivity contribution is 9.10. The van der Waals surface area contributed by atoms with Crippen molar-refractivity contribution in [3.63, 3.8) is 0 Å². The highest BCUT2D eigenvalue weighted by atomic mass is 79.9. The molecule has 1 heterocycles. The van der Waals surface area contributed by atoms with Gasteiger partial charge in [-0.05, 0) is 51.8 Å². The Kier molecular flexibility index (Phi) is 5.08. The third-order valence-corrected chi connectivity index (χ3v) is 4.06. The fourth-order valence-corrected chi connectivity index (χ4v) is 2.90. The number of nitrogens with zero attached hydrogens (tertiary/aromatic N) is 1. The molecule has 0 radical (unpaired) electrons. The Labute approximate surface area is 152 Å². The van der Waals surface area contributed by atoms with Crippen molar-refractivity contribution in [2.75, 3.05) is 21.0 Å². The van der Waals surface area contributed by atoms with E-state index in [2.05, 4.69) is 26.5 Å². The molecule has 0 aromatic heterocycles. The fourth-order valence-electron chi connectivity index (χ4n) is 2.28. The summed E-state index contributed by atoms with van der Waals surface area (Å²) in [5.41, 5.74) is 3.63. The SMILES string of the molecule is COc1cc(/C=N/NC(=O)c2ccc3c(c2)OCO3)cc(Br)c1OC. The largest absolute Gasteiger partial charge is 0.493 e. The molecule has 1 aliphatic heterocycles. The first-order valence-corrected chi connectivity index (χ1v) is 8.06. The van der Waals surface area contributed by atoms with Crippen molar-refractivity contribution in [3.8, 4) is 23.0 Å². The summed E-state index contributed by atoms with van der Waals surface area (Å²) in [6, 6.07) is 8.50. The van der Waals surface area contributed by atoms with E-state index in [1.165, 1.54) is 6.21 Å². The van der Waals surface area contributed by atoms with Gasteiger partial charge in [0, 0.05) is 5.56 Å². The third-order valence-electron chi connectivity index (χ3n) is 3.47. The molecule has 2 aromatic rings. The molecule has 1 aliphatic rings. The summed E-state index contributed by atoms with van der Waals surface area (Å²) in [6.07, 6.45) is 1.51. The second-order valence-electron chi connectivity index (χ2n) is 5.01. The highest BCUT2D eigenvalue weighted by Gasteiger charge is 2.16. The first-order valence-electron chi connectivity index (χ1n) is 7.27. The van der Waals surface area contributed by atoms with Crippen molar-refractivity contribution >= 4 is 28.1 Å². The zero-order valence-corrected chi connectivity index (χ0v) is 15.1. The van der Waals surface area contributed by atoms with Crippen LogP contribution in [0.25, 0.3) is 0 Å². The van der Waals surface area contributed by atoms with Crippen LogP contribution in [0.15, 0.2) is 39.9 Å². The number of hydrogen-bond donors (Lipinski definition) is 1. The molecule has 1 N–H and O–H groups in total. The lowest BCUT2D eigenvalue weighted by atomic mass is 10.2. The van der Waals surface area contributed by atoms with Crippen molar-refractivity contribution in [1.82, 2.24) is 5.43 Å². The van der Waals surface area contributed by atoms with Gasteiger partial charge in [-0.2, -0.15) is 5.10 Å². The molecule has 25 heavy (non-hydrogen) atoms. The zero-order chi connectivity index (χ0) is 17.8. The Morgan fingerprint density at radius 3 is 2.76 bits per heavy atom. The van der Waals surface area contributed by atoms with Crippen LogP contribution in [0.4, 0.5) is 0 Å². The van der Waals surface area contributed by atoms with Crippen molar-refractivity contribution in [3.05, 3.63) is 45.9 Å². The third kappa shape index (κ3) is 3.69. The van der Waals surface area contributed by atoms with E-state index >= 15 is 0 Å². The predicted molar refractivity (Wildman–Crippen MR) is 94.9 cm³/mol. The zero-order valence-electron chi connectivity index (χ0n) is 13.5. The molecule has 130 valence electrons. The number of carbonyl (C=O) groups excluding carboxylic acids is 1. The average molecular weight is 407 g/mol. The van der Waals surface area contributed by atoms with Gasteiger partial charge >= 0.3 is 0 Å². The molecular weight excluding hydrogens is 392 g/mol. The van der Waals surface area contributed by atoms with Crippen LogP contribution in [-0.4, -0.2) is 33.1 Å². The van der Waals surface area contributed by atoms with Gasteiger partial charge in [-0.25, -0.2) is 5.43 Å². The van der Waals surface area contributed by atoms with Gasteiger partial charge in [0.2, 0.25) is 6.79 Å². The number of ether oxygens (including phenoxy) is 4. The molecule has 0 atom stereocenters. The Morgan fingerprint density at radius 2 is 2.00 bits per heavy atom. The minimum Gasteiger partial charge on any atom is -0.493 e. The summed E-state index contributed by atoms with van der Waals surface area (Å²) in [7, 11) is 3.11. The molecule has 2 aromatic carbocycles. The number of halogens is 1. The minimum atomic E-state index is -0.353. The molecular formula is C17H15BrN2O5. The fraction of sp³-hybridized carbons (Fsp3) is 0.176. The normalized spacial score (nSPS) is 12.3. The number of nitrogens with one attached hydrogen (secondary N) is 1. The second kappa shape index (κ2) is 7.43. The van der Waals surface area contributed by atoms with Gasteiger partial charge in [-0.3, -0.25) is 4.79 Å². The summed E-state index contributed by atoms with van der Waals surface area (Å²) in [4.78, 5) is 12.2. The molecule has 0 aliphatic carbocycles. The van der Waals surface area contributed by atoms with E-state index in [9.17, 15) is 4.79 Å². The quantitative estimate of drug-likeness (QED) is 0.609. The number of benzene rings is 2. The van der Waals surface area contributed by atoms with Gasteiger partial charge in [0.1, 0.15) is 0 Å². The number of methoxy groups -OCH3 is 2. The van der Waals surface area contributed by atoms with Gasteiger partial charge in [-0.15, -0.1) is 0 Å². The number of hydrogen-bond acceptors (Lipinski definition) is 6. The molecule has 3 rings (SSSR count). The van der Waals surface area contributed by atoms with Crippen LogP contribution in [0.3, 0.4) is 0 Å². The van der Waals surface area contributed by atoms with Crippen molar-refractivity contribution in [2.45, 2.75) is 0 Å². The molecule has 1 amide bonds. The number of fused-ring (bicyclic) bond motifs is 1. The smallest absolute Gasteiger partial charge is 0.271 e. The Hall–Kier alpha value is -2.74. The number of amides is 1. The maximum absolute atomic E-state index is 12.2. The number of rotatable bonds is 5. The Morgan fingerprint density at radius 1 is 1.20 bits per heavy atom. The predicted octanol–water partition coefficient (Wildman–Crippen LogP) is 2.96. The summed E-state index contributed by atoms with van der Waals surface area (Å²) in [5.74, 6) is 1.95. The van der Waals surface area contributed by atoms with E-state index in [4.69, 9.17) is 18.9 Å². The van der Waals surface area contributed by atoms with Crippen molar-refractivity contribution in [1.29, 1.82) is 0 Å². The van der Waals surface area contributed by atoms with Crippen LogP contribution >= 0.6 is 15.9 Å². The molecule has 7 nitrogen and oxygen atoms in total. The molecule has 0 saturated carbocycles. The van der Waals surface area contributed by atoms with Crippen LogP contribution in [-0.2, 0) is 0 Å². The van der Waals surface area contributed by atoms with E-state index in [0.717, 1.165) is 10.0 Å². The summed E-state index contributed by atoms with van der Waals surface area (Å²) in [5, 5.41) is 3.97. The van der Waals surface area contributed by atoms with Gasteiger partial charge in [0.05, 0.1) is 24.9 Å². The molecule has 0 saturated heterocycles. The number of hydrazone groups is 1. The Balaban J connectivity index is 1.70. The molecule has 0 unspecified atom stereocenters. The highest BCUT2D eigenvalue weighted by Crippen LogP contribution is 2.36. The van der Waals surface area contributed by atoms with E-state index in [-0.39, 0.29) is 12.7 Å². The number of carbonyl (C=O) groups is 1. The maximum Gasteiger partial charge on any atom is 0.271 e. The first kappa shape index (κ1) is 17.1. The van der Waals surface area contributed by atoms with Crippen LogP contribution in [0.2, 0.25) is 0 Å². The van der Waals surface area contributed by atoms with Crippen LogP contribution < -0.4 is 24.4 Å². The maximum atomic E-state index is 12.2. The van der Waals surface area contributed by atoms with Gasteiger partial charge in [0.15, 0.2) is 23.0 Å². The van der Waals surface area contributed by atoms with Crippen molar-refractivity contribution in [2.24, 2.45) is 5.10 Å². The van der Waals surface area contributed by atoms with Gasteiger partial charge in [0.25, 0.3) is 5.91 Å². The van der Waals surface area contributed by atoms with Crippen LogP contribution in [0.1, 0.15) is 15.9 Å². The molecule has 0 fully saturated rings. The molecule has 0 bridgehead atoms. The minimum absolute atomic E-state index is 0.159. The Bertz CT molecular complexity index is 838. The van der Waals surface area contributed by atoms with Crippen LogP contribution in [0.5, 0.6) is 23.0 Å². The lowest BCUT2D eigenvalue weighted by Crippen LogP contribution is -2.17. The molecule has 0 spiro atoms. The average Bonchev–Trinajstić information content (AvgIpc) is 3.08. The summed E-state index contributed by atoms with van der Waals surface area (Å²) in [6.45, 7) is 0.159. The lowest BCUT2D eigenvalue weighted by Gasteiger charge is -2.10. The lowest BCUT2D eigenvalue weighted by molar-refractivity contribution is 0.0954. The van der Waals surface area contributed by atoms with Crippen molar-refractivity contribution < 1.29 is 23.7 Å².